The van der Waals surface area contributed by atoms with E-state index in [9.17, 15) is 13.5 Å². The van der Waals surface area contributed by atoms with Crippen LogP contribution in [0.2, 0.25) is 0 Å². The van der Waals surface area contributed by atoms with Gasteiger partial charge in [-0.3, -0.25) is 9.97 Å². The topological polar surface area (TPSA) is 111 Å². The van der Waals surface area contributed by atoms with Gasteiger partial charge in [0.1, 0.15) is 5.69 Å². The molecule has 1 aliphatic rings. The zero-order valence-electron chi connectivity index (χ0n) is 16.9. The Morgan fingerprint density at radius 1 is 1.13 bits per heavy atom. The molecule has 0 bridgehead atoms. The third-order valence-electron chi connectivity index (χ3n) is 5.84. The number of aliphatic hydroxyl groups is 1. The van der Waals surface area contributed by atoms with Gasteiger partial charge < -0.3 is 10.8 Å². The van der Waals surface area contributed by atoms with Crippen molar-refractivity contribution in [3.63, 3.8) is 0 Å². The van der Waals surface area contributed by atoms with Gasteiger partial charge in [0.05, 0.1) is 40.3 Å². The fourth-order valence-corrected chi connectivity index (χ4v) is 5.77. The molecule has 5 rings (SSSR count). The van der Waals surface area contributed by atoms with E-state index in [2.05, 4.69) is 9.97 Å². The van der Waals surface area contributed by atoms with E-state index in [1.54, 1.807) is 37.3 Å². The van der Waals surface area contributed by atoms with Crippen LogP contribution in [0.1, 0.15) is 42.3 Å². The lowest BCUT2D eigenvalue weighted by atomic mass is 10.0. The number of aryl methyl sites for hydroxylation is 1. The first-order chi connectivity index (χ1) is 14.9. The smallest absolute Gasteiger partial charge is 0.268 e. The maximum Gasteiger partial charge on any atom is 0.268 e. The Bertz CT molecular complexity index is 1380. The minimum atomic E-state index is -3.89. The number of hydrogen-bond acceptors (Lipinski definition) is 6. The normalized spacial score (nSPS) is 17.1. The van der Waals surface area contributed by atoms with E-state index in [0.717, 1.165) is 29.4 Å². The summed E-state index contributed by atoms with van der Waals surface area (Å²) in [5, 5.41) is 10.6. The van der Waals surface area contributed by atoms with Crippen molar-refractivity contribution in [3.05, 3.63) is 77.7 Å². The second-order valence-corrected chi connectivity index (χ2v) is 9.61. The Hall–Kier alpha value is -3.07. The van der Waals surface area contributed by atoms with Crippen molar-refractivity contribution >= 4 is 20.9 Å². The summed E-state index contributed by atoms with van der Waals surface area (Å²) in [6.07, 6.45) is 3.85. The standard InChI is InChI=1S/C23H22N4O3S/c1-14(28)20-12-26-21(13-25-20)23-11-18-16-7-9-19(24)17(16)8-10-22(18)27(23)31(29,30)15-5-3-2-4-6-15/h2-6,8,10-14,19,28H,7,9,24H2,1H3/t14-,19+/m0/s1. The Balaban J connectivity index is 1.81. The summed E-state index contributed by atoms with van der Waals surface area (Å²) in [6.45, 7) is 1.60. The van der Waals surface area contributed by atoms with Gasteiger partial charge in [0.25, 0.3) is 10.0 Å². The lowest BCUT2D eigenvalue weighted by Crippen LogP contribution is -2.14. The summed E-state index contributed by atoms with van der Waals surface area (Å²) in [6, 6.07) is 13.9. The number of benzene rings is 2. The average molecular weight is 435 g/mol. The van der Waals surface area contributed by atoms with Crippen molar-refractivity contribution in [2.24, 2.45) is 5.73 Å². The minimum Gasteiger partial charge on any atom is -0.387 e. The first-order valence-corrected chi connectivity index (χ1v) is 11.6. The van der Waals surface area contributed by atoms with Crippen molar-refractivity contribution in [1.82, 2.24) is 13.9 Å². The SMILES string of the molecule is C[C@H](O)c1cnc(-c2cc3c4c(ccc3n2S(=O)(=O)c2ccccc2)[C@H](N)CC4)cn1. The van der Waals surface area contributed by atoms with E-state index >= 15 is 0 Å². The molecule has 0 saturated heterocycles. The molecular formula is C23H22N4O3S. The number of hydrogen-bond donors (Lipinski definition) is 2. The average Bonchev–Trinajstić information content (AvgIpc) is 3.35. The van der Waals surface area contributed by atoms with Crippen molar-refractivity contribution < 1.29 is 13.5 Å². The number of rotatable bonds is 4. The van der Waals surface area contributed by atoms with Crippen LogP contribution in [0.3, 0.4) is 0 Å². The van der Waals surface area contributed by atoms with Gasteiger partial charge in [-0.05, 0) is 55.2 Å². The molecule has 0 fully saturated rings. The van der Waals surface area contributed by atoms with Crippen molar-refractivity contribution in [2.75, 3.05) is 0 Å². The van der Waals surface area contributed by atoms with Gasteiger partial charge in [-0.25, -0.2) is 12.4 Å². The van der Waals surface area contributed by atoms with Crippen LogP contribution in [-0.4, -0.2) is 27.5 Å². The highest BCUT2D eigenvalue weighted by atomic mass is 32.2. The zero-order valence-corrected chi connectivity index (χ0v) is 17.7. The molecule has 0 saturated carbocycles. The number of fused-ring (bicyclic) bond motifs is 3. The molecule has 1 aliphatic carbocycles. The van der Waals surface area contributed by atoms with Gasteiger partial charge in [-0.15, -0.1) is 0 Å². The minimum absolute atomic E-state index is 0.0398. The number of aromatic nitrogens is 3. The molecule has 158 valence electrons. The Kier molecular flexibility index (Phi) is 4.65. The van der Waals surface area contributed by atoms with Crippen molar-refractivity contribution in [1.29, 1.82) is 0 Å². The summed E-state index contributed by atoms with van der Waals surface area (Å²) in [4.78, 5) is 8.87. The molecule has 2 aromatic heterocycles. The molecule has 0 amide bonds. The molecule has 0 spiro atoms. The van der Waals surface area contributed by atoms with Crippen LogP contribution in [0.25, 0.3) is 22.3 Å². The first-order valence-electron chi connectivity index (χ1n) is 10.1. The van der Waals surface area contributed by atoms with Crippen LogP contribution in [0.4, 0.5) is 0 Å². The fraction of sp³-hybridized carbons (Fsp3) is 0.217. The highest BCUT2D eigenvalue weighted by Gasteiger charge is 2.28. The molecule has 31 heavy (non-hydrogen) atoms. The summed E-state index contributed by atoms with van der Waals surface area (Å²) in [5.41, 5.74) is 10.2. The molecule has 7 nitrogen and oxygen atoms in total. The molecule has 4 aromatic rings. The molecule has 0 aliphatic heterocycles. The predicted octanol–water partition coefficient (Wildman–Crippen LogP) is 3.33. The highest BCUT2D eigenvalue weighted by molar-refractivity contribution is 7.90. The maximum atomic E-state index is 13.7. The van der Waals surface area contributed by atoms with Crippen LogP contribution in [-0.2, 0) is 16.4 Å². The van der Waals surface area contributed by atoms with Gasteiger partial charge in [-0.2, -0.15) is 0 Å². The van der Waals surface area contributed by atoms with Crippen LogP contribution >= 0.6 is 0 Å². The second-order valence-electron chi connectivity index (χ2n) is 7.83. The fourth-order valence-electron chi connectivity index (χ4n) is 4.24. The lowest BCUT2D eigenvalue weighted by Gasteiger charge is -2.13. The molecule has 3 N–H and O–H groups in total. The number of nitrogens with two attached hydrogens (primary N) is 1. The van der Waals surface area contributed by atoms with Gasteiger partial charge in [0.15, 0.2) is 0 Å². The van der Waals surface area contributed by atoms with E-state index in [1.165, 1.54) is 16.4 Å². The zero-order chi connectivity index (χ0) is 21.8. The monoisotopic (exact) mass is 434 g/mol. The van der Waals surface area contributed by atoms with E-state index < -0.39 is 16.1 Å². The second kappa shape index (κ2) is 7.26. The first kappa shape index (κ1) is 19.9. The third kappa shape index (κ3) is 3.15. The van der Waals surface area contributed by atoms with E-state index in [1.807, 2.05) is 18.2 Å². The molecule has 0 radical (unpaired) electrons. The van der Waals surface area contributed by atoms with Crippen molar-refractivity contribution in [3.8, 4) is 11.4 Å². The van der Waals surface area contributed by atoms with Gasteiger partial charge in [0.2, 0.25) is 0 Å². The molecule has 8 heteroatoms. The largest absolute Gasteiger partial charge is 0.387 e. The van der Waals surface area contributed by atoms with Gasteiger partial charge >= 0.3 is 0 Å². The molecule has 2 aromatic carbocycles. The molecule has 2 atom stereocenters. The van der Waals surface area contributed by atoms with E-state index in [0.29, 0.717) is 22.6 Å². The van der Waals surface area contributed by atoms with Crippen LogP contribution < -0.4 is 5.73 Å². The Morgan fingerprint density at radius 3 is 2.58 bits per heavy atom. The summed E-state index contributed by atoms with van der Waals surface area (Å²) in [7, 11) is -3.89. The maximum absolute atomic E-state index is 13.7. The van der Waals surface area contributed by atoms with Gasteiger partial charge in [-0.1, -0.05) is 24.3 Å². The Morgan fingerprint density at radius 2 is 1.90 bits per heavy atom. The summed E-state index contributed by atoms with van der Waals surface area (Å²) < 4.78 is 28.7. The van der Waals surface area contributed by atoms with Crippen LogP contribution in [0.5, 0.6) is 0 Å². The van der Waals surface area contributed by atoms with Gasteiger partial charge in [0, 0.05) is 11.4 Å². The predicted molar refractivity (Wildman–Crippen MR) is 118 cm³/mol. The molecule has 2 heterocycles. The van der Waals surface area contributed by atoms with E-state index in [-0.39, 0.29) is 10.9 Å². The van der Waals surface area contributed by atoms with Crippen LogP contribution in [0, 0.1) is 0 Å². The number of aliphatic hydroxyl groups excluding tert-OH is 1. The summed E-state index contributed by atoms with van der Waals surface area (Å²) >= 11 is 0. The van der Waals surface area contributed by atoms with Crippen molar-refractivity contribution in [2.45, 2.75) is 36.8 Å². The molecule has 0 unspecified atom stereocenters. The quantitative estimate of drug-likeness (QED) is 0.510. The molecular weight excluding hydrogens is 412 g/mol. The summed E-state index contributed by atoms with van der Waals surface area (Å²) in [5.74, 6) is 0. The van der Waals surface area contributed by atoms with Crippen LogP contribution in [0.15, 0.2) is 65.8 Å². The third-order valence-corrected chi connectivity index (χ3v) is 7.58. The number of nitrogens with zero attached hydrogens (tertiary/aromatic N) is 3. The highest BCUT2D eigenvalue weighted by Crippen LogP contribution is 2.39. The Labute approximate surface area is 180 Å². The van der Waals surface area contributed by atoms with E-state index in [4.69, 9.17) is 5.73 Å². The lowest BCUT2D eigenvalue weighted by molar-refractivity contribution is 0.194.